The zero-order valence-electron chi connectivity index (χ0n) is 38.1. The average molecular weight is 910 g/mol. The van der Waals surface area contributed by atoms with E-state index in [0.717, 1.165) is 66.4 Å². The van der Waals surface area contributed by atoms with Crippen molar-refractivity contribution in [1.29, 1.82) is 5.26 Å². The van der Waals surface area contributed by atoms with E-state index in [2.05, 4.69) is 193 Å². The van der Waals surface area contributed by atoms with E-state index in [-0.39, 0.29) is 0 Å². The summed E-state index contributed by atoms with van der Waals surface area (Å²) >= 11 is 0. The van der Waals surface area contributed by atoms with Gasteiger partial charge in [0.25, 0.3) is 0 Å². The Morgan fingerprint density at radius 1 is 0.329 bits per heavy atom. The van der Waals surface area contributed by atoms with Crippen molar-refractivity contribution in [2.45, 2.75) is 0 Å². The van der Waals surface area contributed by atoms with Crippen molar-refractivity contribution in [2.24, 2.45) is 0 Å². The molecule has 0 aliphatic carbocycles. The lowest BCUT2D eigenvalue weighted by atomic mass is 10.00. The molecule has 0 N–H and O–H groups in total. The van der Waals surface area contributed by atoms with Gasteiger partial charge in [-0.2, -0.15) is 5.26 Å². The molecule has 12 rings (SSSR count). The zero-order chi connectivity index (χ0) is 46.9. The molecule has 0 saturated carbocycles. The molecule has 5 nitrogen and oxygen atoms in total. The van der Waals surface area contributed by atoms with Crippen LogP contribution < -0.4 is 20.7 Å². The first kappa shape index (κ1) is 42.1. The highest BCUT2D eigenvalue weighted by Crippen LogP contribution is 2.40. The molecule has 328 valence electrons. The number of nitrogens with zero attached hydrogens (tertiary/aromatic N) is 5. The van der Waals surface area contributed by atoms with Gasteiger partial charge in [0.15, 0.2) is 25.5 Å². The molecule has 0 bridgehead atoms. The highest BCUT2D eigenvalue weighted by molar-refractivity contribution is 7.19. The molecule has 12 aromatic rings. The van der Waals surface area contributed by atoms with Crippen LogP contribution in [0.2, 0.25) is 0 Å². The molecule has 0 radical (unpaired) electrons. The highest BCUT2D eigenvalue weighted by atomic mass is 28.3. The van der Waals surface area contributed by atoms with E-state index in [0.29, 0.717) is 23.0 Å². The van der Waals surface area contributed by atoms with Crippen molar-refractivity contribution in [3.8, 4) is 68.2 Å². The van der Waals surface area contributed by atoms with E-state index in [4.69, 9.17) is 15.0 Å². The summed E-state index contributed by atoms with van der Waals surface area (Å²) in [6.07, 6.45) is 0. The molecule has 0 aliphatic heterocycles. The van der Waals surface area contributed by atoms with Crippen LogP contribution in [-0.2, 0) is 0 Å². The fourth-order valence-electron chi connectivity index (χ4n) is 10.2. The molecule has 0 saturated heterocycles. The van der Waals surface area contributed by atoms with Crippen LogP contribution in [0.4, 0.5) is 0 Å². The Bertz CT molecular complexity index is 3730. The van der Waals surface area contributed by atoms with Crippen LogP contribution in [0.15, 0.2) is 261 Å². The third-order valence-electron chi connectivity index (χ3n) is 13.4. The number of hydrogen-bond acceptors (Lipinski definition) is 4. The number of aromatic nitrogens is 4. The van der Waals surface area contributed by atoms with E-state index in [1.165, 1.54) is 20.7 Å². The molecule has 0 unspecified atom stereocenters. The van der Waals surface area contributed by atoms with E-state index in [9.17, 15) is 5.26 Å². The Labute approximate surface area is 408 Å². The maximum atomic E-state index is 9.79. The van der Waals surface area contributed by atoms with Gasteiger partial charge < -0.3 is 4.57 Å². The largest absolute Gasteiger partial charge is 0.309 e. The van der Waals surface area contributed by atoms with Gasteiger partial charge >= 0.3 is 0 Å². The van der Waals surface area contributed by atoms with Crippen LogP contribution in [-0.4, -0.2) is 27.6 Å². The van der Waals surface area contributed by atoms with Gasteiger partial charge in [0.2, 0.25) is 0 Å². The van der Waals surface area contributed by atoms with Crippen molar-refractivity contribution >= 4 is 50.6 Å². The maximum Gasteiger partial charge on any atom is 0.179 e. The third-order valence-corrected chi connectivity index (χ3v) is 18.2. The van der Waals surface area contributed by atoms with Crippen LogP contribution in [0.3, 0.4) is 0 Å². The summed E-state index contributed by atoms with van der Waals surface area (Å²) in [6.45, 7) is 0. The van der Waals surface area contributed by atoms with E-state index >= 15 is 0 Å². The van der Waals surface area contributed by atoms with E-state index < -0.39 is 8.07 Å². The smallest absolute Gasteiger partial charge is 0.179 e. The monoisotopic (exact) mass is 909 g/mol. The van der Waals surface area contributed by atoms with Gasteiger partial charge in [0.1, 0.15) is 0 Å². The lowest BCUT2D eigenvalue weighted by Gasteiger charge is -2.34. The first-order valence-corrected chi connectivity index (χ1v) is 25.5. The van der Waals surface area contributed by atoms with Crippen LogP contribution in [0.1, 0.15) is 5.56 Å². The maximum absolute atomic E-state index is 9.79. The number of benzene rings is 10. The van der Waals surface area contributed by atoms with Gasteiger partial charge in [-0.1, -0.05) is 224 Å². The number of rotatable bonds is 10. The Hall–Kier alpha value is -9.28. The quantitative estimate of drug-likeness (QED) is 0.101. The Kier molecular flexibility index (Phi) is 10.9. The van der Waals surface area contributed by atoms with Gasteiger partial charge in [-0.25, -0.2) is 15.0 Å². The molecule has 0 spiro atoms. The van der Waals surface area contributed by atoms with Crippen LogP contribution in [0, 0.1) is 11.3 Å². The van der Waals surface area contributed by atoms with Crippen LogP contribution in [0.25, 0.3) is 83.9 Å². The fourth-order valence-corrected chi connectivity index (χ4v) is 15.0. The van der Waals surface area contributed by atoms with Crippen molar-refractivity contribution in [1.82, 2.24) is 19.5 Å². The zero-order valence-corrected chi connectivity index (χ0v) is 39.1. The van der Waals surface area contributed by atoms with Gasteiger partial charge in [0.05, 0.1) is 28.4 Å². The van der Waals surface area contributed by atoms with Crippen LogP contribution >= 0.6 is 0 Å². The summed E-state index contributed by atoms with van der Waals surface area (Å²) in [4.78, 5) is 15.4. The van der Waals surface area contributed by atoms with Crippen molar-refractivity contribution in [3.05, 3.63) is 266 Å². The summed E-state index contributed by atoms with van der Waals surface area (Å²) in [5.41, 5.74) is 10.7. The minimum atomic E-state index is -2.88. The number of fused-ring (bicyclic) bond motifs is 3. The minimum Gasteiger partial charge on any atom is -0.309 e. The lowest BCUT2D eigenvalue weighted by molar-refractivity contribution is 1.07. The third kappa shape index (κ3) is 7.48. The first-order chi connectivity index (χ1) is 34.7. The topological polar surface area (TPSA) is 67.4 Å². The minimum absolute atomic E-state index is 0.582. The molecule has 0 amide bonds. The first-order valence-electron chi connectivity index (χ1n) is 23.5. The predicted molar refractivity (Wildman–Crippen MR) is 290 cm³/mol. The molecule has 0 fully saturated rings. The van der Waals surface area contributed by atoms with E-state index in [1.54, 1.807) is 0 Å². The van der Waals surface area contributed by atoms with Crippen molar-refractivity contribution in [3.63, 3.8) is 0 Å². The number of hydrogen-bond donors (Lipinski definition) is 0. The Balaban J connectivity index is 1.13. The molecule has 70 heavy (non-hydrogen) atoms. The summed E-state index contributed by atoms with van der Waals surface area (Å²) in [7, 11) is -2.88. The Morgan fingerprint density at radius 3 is 1.39 bits per heavy atom. The lowest BCUT2D eigenvalue weighted by Crippen LogP contribution is -2.74. The second-order valence-electron chi connectivity index (χ2n) is 17.5. The average Bonchev–Trinajstić information content (AvgIpc) is 3.78. The van der Waals surface area contributed by atoms with Crippen LogP contribution in [0.5, 0.6) is 0 Å². The molecule has 0 atom stereocenters. The molecule has 10 aromatic carbocycles. The second-order valence-corrected chi connectivity index (χ2v) is 21.3. The van der Waals surface area contributed by atoms with Gasteiger partial charge in [0, 0.05) is 33.0 Å². The predicted octanol–water partition coefficient (Wildman–Crippen LogP) is 12.6. The summed E-state index contributed by atoms with van der Waals surface area (Å²) in [5.74, 6) is 1.80. The summed E-state index contributed by atoms with van der Waals surface area (Å²) in [6, 6.07) is 94.8. The van der Waals surface area contributed by atoms with Gasteiger partial charge in [-0.15, -0.1) is 0 Å². The van der Waals surface area contributed by atoms with Gasteiger partial charge in [-0.3, -0.25) is 0 Å². The summed E-state index contributed by atoms with van der Waals surface area (Å²) < 4.78 is 2.40. The molecule has 2 aromatic heterocycles. The highest BCUT2D eigenvalue weighted by Gasteiger charge is 2.41. The van der Waals surface area contributed by atoms with Crippen molar-refractivity contribution < 1.29 is 0 Å². The normalized spacial score (nSPS) is 11.4. The second kappa shape index (κ2) is 18.1. The Morgan fingerprint density at radius 2 is 0.786 bits per heavy atom. The fraction of sp³-hybridized carbons (Fsp3) is 0. The SMILES string of the molecule is N#Cc1cccc(-c2ccc3c(c2)c2ccccc2n3-c2cc(-c3nc(-c4ccccc4)nc(-c4ccccc4)n3)ccc2-c2cccc([Si](c3ccccc3)(c3ccccc3)c3ccccc3)c2)c1. The number of para-hydroxylation sites is 1. The molecular weight excluding hydrogens is 867 g/mol. The van der Waals surface area contributed by atoms with Gasteiger partial charge in [-0.05, 0) is 73.8 Å². The van der Waals surface area contributed by atoms with Crippen molar-refractivity contribution in [2.75, 3.05) is 0 Å². The molecule has 0 aliphatic rings. The molecular formula is C64H43N5Si. The standard InChI is InChI=1S/C64H43N5Si/c65-44-45-20-18-25-48(40-45)49-37-39-60-58(42-49)57-34-16-17-35-59(57)69(60)61-43-51(64-67-62(46-21-6-1-7-22-46)66-63(68-64)47-23-8-2-9-24-47)36-38-56(61)50-26-19-33-55(41-50)70(52-27-10-3-11-28-52,53-29-12-4-13-30-53)54-31-14-5-15-32-54/h1-43H. The number of nitriles is 1. The molecule has 2 heterocycles. The van der Waals surface area contributed by atoms with E-state index in [1.807, 2.05) is 78.9 Å². The molecule has 6 heteroatoms. The summed E-state index contributed by atoms with van der Waals surface area (Å²) in [5, 5.41) is 17.3.